The van der Waals surface area contributed by atoms with Gasteiger partial charge >= 0.3 is 0 Å². The SMILES string of the molecule is CCCN(CCC)C(=O)C1CC1C(=O)Nc1ccc(OC)cc1. The molecule has 0 aromatic heterocycles. The standard InChI is InChI=1S/C18H26N2O3/c1-4-10-20(11-5-2)18(22)16-12-15(16)17(21)19-13-6-8-14(23-3)9-7-13/h6-9,15-16H,4-5,10-12H2,1-3H3,(H,19,21). The molecule has 0 heterocycles. The van der Waals surface area contributed by atoms with Crippen LogP contribution in [0.3, 0.4) is 0 Å². The van der Waals surface area contributed by atoms with Crippen LogP contribution in [0.25, 0.3) is 0 Å². The van der Waals surface area contributed by atoms with Gasteiger partial charge < -0.3 is 15.0 Å². The number of hydrogen-bond donors (Lipinski definition) is 1. The first-order valence-electron chi connectivity index (χ1n) is 8.34. The minimum Gasteiger partial charge on any atom is -0.497 e. The number of nitrogens with one attached hydrogen (secondary N) is 1. The fourth-order valence-electron chi connectivity index (χ4n) is 2.77. The monoisotopic (exact) mass is 318 g/mol. The Bertz CT molecular complexity index is 536. The van der Waals surface area contributed by atoms with Gasteiger partial charge in [0.05, 0.1) is 18.9 Å². The minimum absolute atomic E-state index is 0.0681. The van der Waals surface area contributed by atoms with Crippen molar-refractivity contribution in [1.29, 1.82) is 0 Å². The number of ether oxygens (including phenoxy) is 1. The molecule has 2 rings (SSSR count). The Morgan fingerprint density at radius 1 is 1.13 bits per heavy atom. The van der Waals surface area contributed by atoms with E-state index in [1.54, 1.807) is 31.4 Å². The number of amides is 2. The van der Waals surface area contributed by atoms with Gasteiger partial charge in [0.25, 0.3) is 0 Å². The van der Waals surface area contributed by atoms with Gasteiger partial charge in [-0.3, -0.25) is 9.59 Å². The van der Waals surface area contributed by atoms with Gasteiger partial charge in [-0.25, -0.2) is 0 Å². The Morgan fingerprint density at radius 3 is 2.26 bits per heavy atom. The van der Waals surface area contributed by atoms with Gasteiger partial charge in [0.1, 0.15) is 5.75 Å². The van der Waals surface area contributed by atoms with Crippen molar-refractivity contribution in [2.45, 2.75) is 33.1 Å². The number of carbonyl (C=O) groups is 2. The van der Waals surface area contributed by atoms with E-state index in [9.17, 15) is 9.59 Å². The van der Waals surface area contributed by atoms with Gasteiger partial charge in [-0.15, -0.1) is 0 Å². The van der Waals surface area contributed by atoms with Crippen molar-refractivity contribution in [3.05, 3.63) is 24.3 Å². The third kappa shape index (κ3) is 4.47. The summed E-state index contributed by atoms with van der Waals surface area (Å²) in [7, 11) is 1.60. The van der Waals surface area contributed by atoms with E-state index in [1.807, 2.05) is 4.90 Å². The molecule has 1 aromatic rings. The Morgan fingerprint density at radius 2 is 1.74 bits per heavy atom. The van der Waals surface area contributed by atoms with Crippen LogP contribution in [0.1, 0.15) is 33.1 Å². The van der Waals surface area contributed by atoms with Crippen molar-refractivity contribution in [1.82, 2.24) is 4.90 Å². The number of nitrogens with zero attached hydrogens (tertiary/aromatic N) is 1. The maximum Gasteiger partial charge on any atom is 0.228 e. The van der Waals surface area contributed by atoms with Crippen molar-refractivity contribution in [3.63, 3.8) is 0 Å². The molecule has 1 aromatic carbocycles. The zero-order valence-corrected chi connectivity index (χ0v) is 14.2. The zero-order valence-electron chi connectivity index (χ0n) is 14.2. The summed E-state index contributed by atoms with van der Waals surface area (Å²) in [6.45, 7) is 5.68. The second-order valence-electron chi connectivity index (χ2n) is 5.99. The molecule has 1 N–H and O–H groups in total. The molecule has 2 atom stereocenters. The first kappa shape index (κ1) is 17.3. The Hall–Kier alpha value is -2.04. The smallest absolute Gasteiger partial charge is 0.228 e. The molecule has 2 unspecified atom stereocenters. The van der Waals surface area contributed by atoms with Crippen molar-refractivity contribution in [2.75, 3.05) is 25.5 Å². The van der Waals surface area contributed by atoms with E-state index < -0.39 is 0 Å². The number of rotatable bonds is 8. The van der Waals surface area contributed by atoms with E-state index in [-0.39, 0.29) is 23.7 Å². The fraction of sp³-hybridized carbons (Fsp3) is 0.556. The van der Waals surface area contributed by atoms with Crippen molar-refractivity contribution >= 4 is 17.5 Å². The lowest BCUT2D eigenvalue weighted by Crippen LogP contribution is -2.34. The molecule has 0 saturated heterocycles. The lowest BCUT2D eigenvalue weighted by atomic mass is 10.2. The van der Waals surface area contributed by atoms with Crippen LogP contribution >= 0.6 is 0 Å². The summed E-state index contributed by atoms with van der Waals surface area (Å²) >= 11 is 0. The molecule has 2 amide bonds. The molecule has 1 aliphatic rings. The molecule has 5 heteroatoms. The second kappa shape index (κ2) is 7.99. The van der Waals surface area contributed by atoms with E-state index >= 15 is 0 Å². The van der Waals surface area contributed by atoms with Gasteiger partial charge in [0.15, 0.2) is 0 Å². The van der Waals surface area contributed by atoms with Crippen molar-refractivity contribution in [2.24, 2.45) is 11.8 Å². The predicted molar refractivity (Wildman–Crippen MR) is 90.4 cm³/mol. The highest BCUT2D eigenvalue weighted by molar-refractivity contribution is 5.99. The molecular formula is C18H26N2O3. The molecule has 0 spiro atoms. The van der Waals surface area contributed by atoms with Gasteiger partial charge in [0, 0.05) is 18.8 Å². The number of methoxy groups -OCH3 is 1. The summed E-state index contributed by atoms with van der Waals surface area (Å²) in [4.78, 5) is 26.6. The summed E-state index contributed by atoms with van der Waals surface area (Å²) < 4.78 is 5.09. The Kier molecular flexibility index (Phi) is 6.02. The lowest BCUT2D eigenvalue weighted by Gasteiger charge is -2.21. The molecule has 126 valence electrons. The average Bonchev–Trinajstić information content (AvgIpc) is 3.35. The topological polar surface area (TPSA) is 58.6 Å². The van der Waals surface area contributed by atoms with Crippen LogP contribution in [0, 0.1) is 11.8 Å². The highest BCUT2D eigenvalue weighted by Gasteiger charge is 2.49. The molecule has 5 nitrogen and oxygen atoms in total. The minimum atomic E-state index is -0.194. The van der Waals surface area contributed by atoms with Crippen LogP contribution < -0.4 is 10.1 Å². The van der Waals surface area contributed by atoms with Crippen LogP contribution in [-0.2, 0) is 9.59 Å². The highest BCUT2D eigenvalue weighted by Crippen LogP contribution is 2.41. The maximum absolute atomic E-state index is 12.5. The molecule has 1 aliphatic carbocycles. The zero-order chi connectivity index (χ0) is 16.8. The largest absolute Gasteiger partial charge is 0.497 e. The van der Waals surface area contributed by atoms with Crippen LogP contribution in [0.4, 0.5) is 5.69 Å². The summed E-state index contributed by atoms with van der Waals surface area (Å²) in [5.41, 5.74) is 0.730. The summed E-state index contributed by atoms with van der Waals surface area (Å²) in [6.07, 6.45) is 2.55. The third-order valence-corrected chi connectivity index (χ3v) is 4.10. The third-order valence-electron chi connectivity index (χ3n) is 4.10. The van der Waals surface area contributed by atoms with Gasteiger partial charge in [-0.1, -0.05) is 13.8 Å². The Balaban J connectivity index is 1.88. The second-order valence-corrected chi connectivity index (χ2v) is 5.99. The molecule has 0 bridgehead atoms. The van der Waals surface area contributed by atoms with Gasteiger partial charge in [-0.2, -0.15) is 0 Å². The van der Waals surface area contributed by atoms with Crippen molar-refractivity contribution in [3.8, 4) is 5.75 Å². The van der Waals surface area contributed by atoms with Gasteiger partial charge in [0.2, 0.25) is 11.8 Å². The normalized spacial score (nSPS) is 19.1. The predicted octanol–water partition coefficient (Wildman–Crippen LogP) is 2.92. The Labute approximate surface area is 138 Å². The number of benzene rings is 1. The number of carbonyl (C=O) groups excluding carboxylic acids is 2. The maximum atomic E-state index is 12.5. The first-order valence-corrected chi connectivity index (χ1v) is 8.34. The summed E-state index contributed by atoms with van der Waals surface area (Å²) in [5.74, 6) is 0.467. The van der Waals surface area contributed by atoms with E-state index in [4.69, 9.17) is 4.74 Å². The van der Waals surface area contributed by atoms with Crippen LogP contribution in [-0.4, -0.2) is 36.9 Å². The van der Waals surface area contributed by atoms with Gasteiger partial charge in [-0.05, 0) is 43.5 Å². The van der Waals surface area contributed by atoms with E-state index in [0.29, 0.717) is 6.42 Å². The van der Waals surface area contributed by atoms with E-state index in [2.05, 4.69) is 19.2 Å². The average molecular weight is 318 g/mol. The number of hydrogen-bond acceptors (Lipinski definition) is 3. The molecule has 1 saturated carbocycles. The van der Waals surface area contributed by atoms with Crippen molar-refractivity contribution < 1.29 is 14.3 Å². The summed E-state index contributed by atoms with van der Waals surface area (Å²) in [5, 5.41) is 2.88. The molecule has 1 fully saturated rings. The van der Waals surface area contributed by atoms with E-state index in [1.165, 1.54) is 0 Å². The van der Waals surface area contributed by atoms with Crippen LogP contribution in [0.15, 0.2) is 24.3 Å². The molecule has 0 aliphatic heterocycles. The van der Waals surface area contributed by atoms with E-state index in [0.717, 1.165) is 37.4 Å². The molecule has 0 radical (unpaired) electrons. The highest BCUT2D eigenvalue weighted by atomic mass is 16.5. The van der Waals surface area contributed by atoms with Crippen LogP contribution in [0.2, 0.25) is 0 Å². The lowest BCUT2D eigenvalue weighted by molar-refractivity contribution is -0.134. The van der Waals surface area contributed by atoms with Crippen LogP contribution in [0.5, 0.6) is 5.75 Å². The molecule has 23 heavy (non-hydrogen) atoms. The summed E-state index contributed by atoms with van der Waals surface area (Å²) in [6, 6.07) is 7.21. The quantitative estimate of drug-likeness (QED) is 0.802. The molecular weight excluding hydrogens is 292 g/mol. The first-order chi connectivity index (χ1) is 11.1. The fourth-order valence-corrected chi connectivity index (χ4v) is 2.77. The number of anilines is 1.